The van der Waals surface area contributed by atoms with Crippen molar-refractivity contribution in [3.63, 3.8) is 0 Å². The molecule has 2 nitrogen and oxygen atoms in total. The Labute approximate surface area is 50.4 Å². The number of halogens is 2. The molecule has 7 heavy (non-hydrogen) atoms. The second kappa shape index (κ2) is 2.99. The summed E-state index contributed by atoms with van der Waals surface area (Å²) in [6, 6.07) is 0. The minimum atomic E-state index is -1.20. The van der Waals surface area contributed by atoms with Gasteiger partial charge in [0.1, 0.15) is 0 Å². The Morgan fingerprint density at radius 3 is 2.00 bits per heavy atom. The van der Waals surface area contributed by atoms with Crippen LogP contribution in [0.4, 0.5) is 0 Å². The van der Waals surface area contributed by atoms with Gasteiger partial charge in [0.2, 0.25) is 5.78 Å². The molecule has 0 spiro atoms. The van der Waals surface area contributed by atoms with Crippen LogP contribution in [0, 0.1) is 0 Å². The van der Waals surface area contributed by atoms with Gasteiger partial charge in [0.25, 0.3) is 0 Å². The zero-order valence-electron chi connectivity index (χ0n) is 3.23. The van der Waals surface area contributed by atoms with Crippen molar-refractivity contribution in [2.75, 3.05) is 0 Å². The highest BCUT2D eigenvalue weighted by Gasteiger charge is 2.07. The molecule has 0 radical (unpaired) electrons. The predicted octanol–water partition coefficient (Wildman–Crippen LogP) is 0.558. The van der Waals surface area contributed by atoms with Crippen LogP contribution < -0.4 is 0 Å². The van der Waals surface area contributed by atoms with Gasteiger partial charge in [0.05, 0.1) is 0 Å². The molecule has 0 bridgehead atoms. The van der Waals surface area contributed by atoms with E-state index >= 15 is 0 Å². The first kappa shape index (κ1) is 6.92. The van der Waals surface area contributed by atoms with Crippen molar-refractivity contribution in [2.24, 2.45) is 0 Å². The van der Waals surface area contributed by atoms with E-state index in [0.29, 0.717) is 0 Å². The minimum absolute atomic E-state index is 0.0880. The maximum absolute atomic E-state index is 9.88. The number of hydrogen-bond acceptors (Lipinski definition) is 2. The molecule has 0 unspecified atom stereocenters. The largest absolute Gasteiger partial charge is 0.294 e. The lowest BCUT2D eigenvalue weighted by molar-refractivity contribution is -0.128. The smallest absolute Gasteiger partial charge is 0.227 e. The van der Waals surface area contributed by atoms with Gasteiger partial charge in [0, 0.05) is 0 Å². The Bertz CT molecular complexity index is 88.9. The van der Waals surface area contributed by atoms with Crippen molar-refractivity contribution < 1.29 is 9.59 Å². The summed E-state index contributed by atoms with van der Waals surface area (Å²) in [4.78, 5) is 18.1. The summed E-state index contributed by atoms with van der Waals surface area (Å²) in [5, 5.41) is 0. The second-order valence-electron chi connectivity index (χ2n) is 0.821. The number of ketones is 1. The molecular weight excluding hydrogens is 139 g/mol. The Hall–Kier alpha value is -0.0800. The molecule has 0 aliphatic heterocycles. The average Bonchev–Trinajstić information content (AvgIpc) is 1.65. The molecule has 40 valence electrons. The van der Waals surface area contributed by atoms with E-state index in [-0.39, 0.29) is 6.29 Å². The Morgan fingerprint density at radius 1 is 1.57 bits per heavy atom. The van der Waals surface area contributed by atoms with Crippen molar-refractivity contribution in [3.8, 4) is 0 Å². The van der Waals surface area contributed by atoms with Crippen molar-refractivity contribution in [1.82, 2.24) is 0 Å². The van der Waals surface area contributed by atoms with Crippen LogP contribution >= 0.6 is 23.2 Å². The normalized spacial score (nSPS) is 9.00. The topological polar surface area (TPSA) is 34.1 Å². The minimum Gasteiger partial charge on any atom is -0.294 e. The fourth-order valence-corrected chi connectivity index (χ4v) is 0.154. The lowest BCUT2D eigenvalue weighted by Gasteiger charge is -1.84. The van der Waals surface area contributed by atoms with Crippen LogP contribution in [-0.2, 0) is 9.59 Å². The van der Waals surface area contributed by atoms with Crippen LogP contribution in [0.1, 0.15) is 0 Å². The summed E-state index contributed by atoms with van der Waals surface area (Å²) in [6.07, 6.45) is 0.0880. The summed E-state index contributed by atoms with van der Waals surface area (Å²) in [7, 11) is 0. The van der Waals surface area contributed by atoms with Gasteiger partial charge >= 0.3 is 0 Å². The summed E-state index contributed by atoms with van der Waals surface area (Å²) in [5.74, 6) is -0.802. The van der Waals surface area contributed by atoms with Gasteiger partial charge in [-0.1, -0.05) is 23.2 Å². The highest BCUT2D eigenvalue weighted by molar-refractivity contribution is 6.60. The molecule has 0 saturated heterocycles. The predicted molar refractivity (Wildman–Crippen MR) is 26.6 cm³/mol. The molecule has 4 heteroatoms. The third kappa shape index (κ3) is 2.60. The molecular formula is C3H2Cl2O2. The molecule has 0 aromatic heterocycles. The van der Waals surface area contributed by atoms with Gasteiger partial charge in [-0.2, -0.15) is 0 Å². The van der Waals surface area contributed by atoms with E-state index in [2.05, 4.69) is 0 Å². The molecule has 0 rings (SSSR count). The van der Waals surface area contributed by atoms with E-state index in [1.54, 1.807) is 0 Å². The van der Waals surface area contributed by atoms with Gasteiger partial charge in [-0.05, 0) is 0 Å². The van der Waals surface area contributed by atoms with E-state index in [1.165, 1.54) is 0 Å². The van der Waals surface area contributed by atoms with Crippen LogP contribution in [0.5, 0.6) is 0 Å². The highest BCUT2D eigenvalue weighted by atomic mass is 35.5. The first-order chi connectivity index (χ1) is 3.18. The highest BCUT2D eigenvalue weighted by Crippen LogP contribution is 1.99. The second-order valence-corrected chi connectivity index (χ2v) is 1.92. The maximum atomic E-state index is 9.88. The number of alkyl halides is 2. The lowest BCUT2D eigenvalue weighted by atomic mass is 10.5. The van der Waals surface area contributed by atoms with E-state index < -0.39 is 10.6 Å². The van der Waals surface area contributed by atoms with Gasteiger partial charge in [0.15, 0.2) is 11.1 Å². The molecule has 0 amide bonds. The van der Waals surface area contributed by atoms with Gasteiger partial charge < -0.3 is 0 Å². The van der Waals surface area contributed by atoms with E-state index in [9.17, 15) is 9.59 Å². The number of rotatable bonds is 2. The quantitative estimate of drug-likeness (QED) is 0.319. The Balaban J connectivity index is 3.56. The summed E-state index contributed by atoms with van der Waals surface area (Å²) < 4.78 is 0. The van der Waals surface area contributed by atoms with Crippen LogP contribution in [0.25, 0.3) is 0 Å². The van der Waals surface area contributed by atoms with Gasteiger partial charge in [-0.3, -0.25) is 9.59 Å². The lowest BCUT2D eigenvalue weighted by Crippen LogP contribution is -2.07. The summed E-state index contributed by atoms with van der Waals surface area (Å²) in [5.41, 5.74) is 0. The van der Waals surface area contributed by atoms with Crippen LogP contribution in [0.3, 0.4) is 0 Å². The molecule has 0 fully saturated rings. The molecule has 0 atom stereocenters. The molecule has 0 aliphatic rings. The first-order valence-electron chi connectivity index (χ1n) is 1.45. The molecule has 0 saturated carbocycles. The molecule has 0 aromatic rings. The zero-order chi connectivity index (χ0) is 5.86. The summed E-state index contributed by atoms with van der Waals surface area (Å²) in [6.45, 7) is 0. The van der Waals surface area contributed by atoms with Crippen LogP contribution in [0.15, 0.2) is 0 Å². The van der Waals surface area contributed by atoms with Gasteiger partial charge in [-0.15, -0.1) is 0 Å². The fraction of sp³-hybridized carbons (Fsp3) is 0.333. The number of aldehydes is 1. The Morgan fingerprint density at radius 2 is 2.00 bits per heavy atom. The molecule has 0 aliphatic carbocycles. The van der Waals surface area contributed by atoms with Crippen molar-refractivity contribution in [1.29, 1.82) is 0 Å². The third-order valence-corrected chi connectivity index (χ3v) is 0.761. The van der Waals surface area contributed by atoms with Crippen LogP contribution in [0.2, 0.25) is 0 Å². The van der Waals surface area contributed by atoms with E-state index in [0.717, 1.165) is 0 Å². The van der Waals surface area contributed by atoms with Crippen molar-refractivity contribution >= 4 is 35.3 Å². The zero-order valence-corrected chi connectivity index (χ0v) is 4.74. The average molecular weight is 141 g/mol. The third-order valence-electron chi connectivity index (χ3n) is 0.331. The van der Waals surface area contributed by atoms with Crippen molar-refractivity contribution in [3.05, 3.63) is 0 Å². The number of Topliss-reactive ketones (excluding diaryl/α,β-unsaturated/α-hetero) is 1. The van der Waals surface area contributed by atoms with E-state index in [4.69, 9.17) is 23.2 Å². The monoisotopic (exact) mass is 140 g/mol. The maximum Gasteiger partial charge on any atom is 0.227 e. The molecule has 0 heterocycles. The fourth-order valence-electron chi connectivity index (χ4n) is 0.0514. The van der Waals surface area contributed by atoms with E-state index in [1.807, 2.05) is 0 Å². The van der Waals surface area contributed by atoms with Crippen LogP contribution in [-0.4, -0.2) is 16.9 Å². The SMILES string of the molecule is O=CC(=O)C(Cl)Cl. The standard InChI is InChI=1S/C3H2Cl2O2/c4-3(5)2(7)1-6/h1,3H. The van der Waals surface area contributed by atoms with Crippen molar-refractivity contribution in [2.45, 2.75) is 4.84 Å². The number of carbonyl (C=O) groups is 2. The summed E-state index contributed by atoms with van der Waals surface area (Å²) >= 11 is 9.83. The Kier molecular flexibility index (Phi) is 2.96. The number of hydrogen-bond donors (Lipinski definition) is 0. The number of carbonyl (C=O) groups excluding carboxylic acids is 2. The van der Waals surface area contributed by atoms with Gasteiger partial charge in [-0.25, -0.2) is 0 Å². The molecule has 0 N–H and O–H groups in total. The molecule has 0 aromatic carbocycles. The first-order valence-corrected chi connectivity index (χ1v) is 2.33.